The number of amides is 1. The van der Waals surface area contributed by atoms with Crippen molar-refractivity contribution >= 4 is 5.91 Å². The molecule has 0 bridgehead atoms. The fourth-order valence-electron chi connectivity index (χ4n) is 2.23. The van der Waals surface area contributed by atoms with Gasteiger partial charge in [0, 0.05) is 36.3 Å². The third-order valence-corrected chi connectivity index (χ3v) is 3.31. The summed E-state index contributed by atoms with van der Waals surface area (Å²) in [5.41, 5.74) is 2.63. The van der Waals surface area contributed by atoms with Gasteiger partial charge in [-0.3, -0.25) is 4.79 Å². The van der Waals surface area contributed by atoms with E-state index in [0.29, 0.717) is 12.1 Å². The average Bonchev–Trinajstić information content (AvgIpc) is 3.07. The second-order valence-electron chi connectivity index (χ2n) is 4.99. The van der Waals surface area contributed by atoms with E-state index < -0.39 is 0 Å². The Morgan fingerprint density at radius 1 is 1.18 bits per heavy atom. The van der Waals surface area contributed by atoms with Gasteiger partial charge in [-0.2, -0.15) is 5.10 Å². The lowest BCUT2D eigenvalue weighted by atomic mass is 10.1. The van der Waals surface area contributed by atoms with E-state index in [0.717, 1.165) is 16.9 Å². The Hall–Kier alpha value is -2.95. The molecule has 22 heavy (non-hydrogen) atoms. The number of carbonyl (C=O) groups excluding carboxylic acids is 1. The minimum atomic E-state index is -0.0982. The van der Waals surface area contributed by atoms with E-state index in [1.165, 1.54) is 0 Å². The molecule has 1 aromatic carbocycles. The Balaban J connectivity index is 1.76. The first-order chi connectivity index (χ1) is 10.7. The average molecular weight is 292 g/mol. The summed E-state index contributed by atoms with van der Waals surface area (Å²) in [4.78, 5) is 16.5. The van der Waals surface area contributed by atoms with Crippen molar-refractivity contribution < 1.29 is 4.79 Å². The molecule has 0 aliphatic carbocycles. The number of aromatic nitrogens is 3. The van der Waals surface area contributed by atoms with Crippen LogP contribution in [0.2, 0.25) is 0 Å². The molecule has 0 unspecified atom stereocenters. The molecule has 0 radical (unpaired) electrons. The van der Waals surface area contributed by atoms with Crippen LogP contribution in [0.15, 0.2) is 61.1 Å². The molecule has 3 rings (SSSR count). The highest BCUT2D eigenvalue weighted by Gasteiger charge is 2.09. The van der Waals surface area contributed by atoms with Crippen LogP contribution in [0.5, 0.6) is 0 Å². The minimum Gasteiger partial charge on any atom is -0.348 e. The summed E-state index contributed by atoms with van der Waals surface area (Å²) in [6.07, 6.45) is 5.24. The van der Waals surface area contributed by atoms with Crippen LogP contribution in [0.1, 0.15) is 21.5 Å². The molecule has 5 heteroatoms. The maximum atomic E-state index is 12.2. The molecule has 0 fully saturated rings. The topological polar surface area (TPSA) is 59.8 Å². The lowest BCUT2D eigenvalue weighted by molar-refractivity contribution is 0.0951. The third kappa shape index (κ3) is 3.03. The lowest BCUT2D eigenvalue weighted by Crippen LogP contribution is -2.23. The summed E-state index contributed by atoms with van der Waals surface area (Å²) in [6, 6.07) is 13.1. The monoisotopic (exact) mass is 292 g/mol. The summed E-state index contributed by atoms with van der Waals surface area (Å²) >= 11 is 0. The number of hydrogen-bond donors (Lipinski definition) is 1. The second kappa shape index (κ2) is 6.22. The first-order valence-electron chi connectivity index (χ1n) is 7.03. The lowest BCUT2D eigenvalue weighted by Gasteiger charge is -2.10. The number of pyridine rings is 1. The van der Waals surface area contributed by atoms with Crippen LogP contribution in [0, 0.1) is 6.92 Å². The molecule has 5 nitrogen and oxygen atoms in total. The molecular weight excluding hydrogens is 276 g/mol. The van der Waals surface area contributed by atoms with Crippen molar-refractivity contribution in [2.75, 3.05) is 0 Å². The largest absolute Gasteiger partial charge is 0.348 e. The summed E-state index contributed by atoms with van der Waals surface area (Å²) in [6.45, 7) is 2.36. The summed E-state index contributed by atoms with van der Waals surface area (Å²) in [5.74, 6) is 0.621. The number of carbonyl (C=O) groups is 1. The molecule has 110 valence electrons. The molecule has 1 amide bonds. The van der Waals surface area contributed by atoms with E-state index in [2.05, 4.69) is 15.4 Å². The van der Waals surface area contributed by atoms with Gasteiger partial charge in [0.15, 0.2) is 5.82 Å². The van der Waals surface area contributed by atoms with Crippen LogP contribution in [0.25, 0.3) is 5.82 Å². The molecule has 0 aliphatic heterocycles. The standard InChI is InChI=1S/C17H16N4O/c1-13-5-2-6-14(11-13)17(22)19-12-15-7-3-8-18-16(15)21-10-4-9-20-21/h2-11H,12H2,1H3,(H,19,22). The molecule has 0 atom stereocenters. The predicted molar refractivity (Wildman–Crippen MR) is 83.7 cm³/mol. The number of rotatable bonds is 4. The van der Waals surface area contributed by atoms with E-state index in [1.807, 2.05) is 49.5 Å². The zero-order valence-electron chi connectivity index (χ0n) is 12.2. The van der Waals surface area contributed by atoms with Gasteiger partial charge in [-0.15, -0.1) is 0 Å². The van der Waals surface area contributed by atoms with Gasteiger partial charge in [0.25, 0.3) is 5.91 Å². The van der Waals surface area contributed by atoms with Crippen molar-refractivity contribution in [1.29, 1.82) is 0 Å². The molecule has 0 saturated carbocycles. The van der Waals surface area contributed by atoms with Crippen LogP contribution in [0.4, 0.5) is 0 Å². The van der Waals surface area contributed by atoms with Gasteiger partial charge in [0.05, 0.1) is 0 Å². The van der Waals surface area contributed by atoms with Crippen LogP contribution in [-0.2, 0) is 6.54 Å². The quantitative estimate of drug-likeness (QED) is 0.803. The van der Waals surface area contributed by atoms with Crippen molar-refractivity contribution in [2.24, 2.45) is 0 Å². The van der Waals surface area contributed by atoms with Gasteiger partial charge in [0.2, 0.25) is 0 Å². The summed E-state index contributed by atoms with van der Waals surface area (Å²) < 4.78 is 1.69. The van der Waals surface area contributed by atoms with Crippen molar-refractivity contribution in [3.63, 3.8) is 0 Å². The van der Waals surface area contributed by atoms with Crippen molar-refractivity contribution in [3.05, 3.63) is 77.7 Å². The number of nitrogens with one attached hydrogen (secondary N) is 1. The smallest absolute Gasteiger partial charge is 0.251 e. The van der Waals surface area contributed by atoms with Gasteiger partial charge in [-0.1, -0.05) is 23.8 Å². The van der Waals surface area contributed by atoms with E-state index in [-0.39, 0.29) is 5.91 Å². The van der Waals surface area contributed by atoms with Gasteiger partial charge in [0.1, 0.15) is 0 Å². The predicted octanol–water partition coefficient (Wildman–Crippen LogP) is 2.51. The van der Waals surface area contributed by atoms with Gasteiger partial charge >= 0.3 is 0 Å². The summed E-state index contributed by atoms with van der Waals surface area (Å²) in [5, 5.41) is 7.11. The van der Waals surface area contributed by atoms with E-state index in [4.69, 9.17) is 0 Å². The van der Waals surface area contributed by atoms with E-state index >= 15 is 0 Å². The van der Waals surface area contributed by atoms with Crippen LogP contribution in [0.3, 0.4) is 0 Å². The van der Waals surface area contributed by atoms with Crippen LogP contribution < -0.4 is 5.32 Å². The van der Waals surface area contributed by atoms with Crippen molar-refractivity contribution in [3.8, 4) is 5.82 Å². The molecule has 0 spiro atoms. The Kier molecular flexibility index (Phi) is 3.96. The Labute approximate surface area is 128 Å². The molecule has 1 N–H and O–H groups in total. The maximum Gasteiger partial charge on any atom is 0.251 e. The van der Waals surface area contributed by atoms with Crippen molar-refractivity contribution in [2.45, 2.75) is 13.5 Å². The highest BCUT2D eigenvalue weighted by molar-refractivity contribution is 5.94. The molecule has 2 heterocycles. The number of hydrogen-bond acceptors (Lipinski definition) is 3. The Morgan fingerprint density at radius 2 is 2.09 bits per heavy atom. The first kappa shape index (κ1) is 14.0. The Bertz CT molecular complexity index is 781. The van der Waals surface area contributed by atoms with Crippen LogP contribution >= 0.6 is 0 Å². The highest BCUT2D eigenvalue weighted by Crippen LogP contribution is 2.10. The number of aryl methyl sites for hydroxylation is 1. The molecule has 3 aromatic rings. The molecular formula is C17H16N4O. The number of benzene rings is 1. The third-order valence-electron chi connectivity index (χ3n) is 3.31. The highest BCUT2D eigenvalue weighted by atomic mass is 16.1. The summed E-state index contributed by atoms with van der Waals surface area (Å²) in [7, 11) is 0. The molecule has 0 saturated heterocycles. The van der Waals surface area contributed by atoms with Gasteiger partial charge in [-0.25, -0.2) is 9.67 Å². The van der Waals surface area contributed by atoms with Crippen molar-refractivity contribution in [1.82, 2.24) is 20.1 Å². The fraction of sp³-hybridized carbons (Fsp3) is 0.118. The zero-order valence-corrected chi connectivity index (χ0v) is 12.2. The number of nitrogens with zero attached hydrogens (tertiary/aromatic N) is 3. The second-order valence-corrected chi connectivity index (χ2v) is 4.99. The van der Waals surface area contributed by atoms with Crippen LogP contribution in [-0.4, -0.2) is 20.7 Å². The molecule has 0 aliphatic rings. The molecule has 2 aromatic heterocycles. The normalized spacial score (nSPS) is 10.4. The Morgan fingerprint density at radius 3 is 2.86 bits per heavy atom. The van der Waals surface area contributed by atoms with Gasteiger partial charge in [-0.05, 0) is 31.2 Å². The van der Waals surface area contributed by atoms with E-state index in [1.54, 1.807) is 23.1 Å². The first-order valence-corrected chi connectivity index (χ1v) is 7.03. The maximum absolute atomic E-state index is 12.2. The van der Waals surface area contributed by atoms with E-state index in [9.17, 15) is 4.79 Å². The fourth-order valence-corrected chi connectivity index (χ4v) is 2.23. The van der Waals surface area contributed by atoms with Gasteiger partial charge < -0.3 is 5.32 Å². The SMILES string of the molecule is Cc1cccc(C(=O)NCc2cccnc2-n2cccn2)c1. The zero-order chi connectivity index (χ0) is 15.4. The minimum absolute atomic E-state index is 0.0982.